The number of nitrogens with zero attached hydrogens (tertiary/aromatic N) is 1. The van der Waals surface area contributed by atoms with E-state index in [9.17, 15) is 4.79 Å². The van der Waals surface area contributed by atoms with Crippen molar-refractivity contribution in [3.63, 3.8) is 0 Å². The molecule has 2 rings (SSSR count). The Kier molecular flexibility index (Phi) is 2.77. The molecule has 3 nitrogen and oxygen atoms in total. The molecule has 0 aromatic heterocycles. The molecular formula is C11H19NO2. The number of carbonyl (C=O) groups excluding carboxylic acids is 1. The summed E-state index contributed by atoms with van der Waals surface area (Å²) in [7, 11) is 0. The second kappa shape index (κ2) is 3.89. The van der Waals surface area contributed by atoms with Gasteiger partial charge in [-0.3, -0.25) is 9.69 Å². The molecule has 0 N–H and O–H groups in total. The van der Waals surface area contributed by atoms with Gasteiger partial charge in [-0.2, -0.15) is 0 Å². The minimum absolute atomic E-state index is 0.00736. The van der Waals surface area contributed by atoms with Gasteiger partial charge < -0.3 is 4.74 Å². The average Bonchev–Trinajstić information content (AvgIpc) is 2.47. The van der Waals surface area contributed by atoms with Gasteiger partial charge in [0.1, 0.15) is 12.1 Å². The number of cyclic esters (lactones) is 1. The van der Waals surface area contributed by atoms with Gasteiger partial charge in [-0.05, 0) is 38.8 Å². The molecule has 0 spiro atoms. The Bertz CT molecular complexity index is 221. The van der Waals surface area contributed by atoms with E-state index in [4.69, 9.17) is 4.74 Å². The number of hydrogen-bond donors (Lipinski definition) is 0. The van der Waals surface area contributed by atoms with Gasteiger partial charge >= 0.3 is 5.97 Å². The zero-order valence-corrected chi connectivity index (χ0v) is 9.03. The van der Waals surface area contributed by atoms with Crippen LogP contribution in [0.4, 0.5) is 0 Å². The maximum Gasteiger partial charge on any atom is 0.323 e. The predicted molar refractivity (Wildman–Crippen MR) is 53.9 cm³/mol. The minimum Gasteiger partial charge on any atom is -0.461 e. The van der Waals surface area contributed by atoms with Crippen LogP contribution in [0.5, 0.6) is 0 Å². The third-order valence-corrected chi connectivity index (χ3v) is 3.40. The minimum atomic E-state index is -0.00736. The molecule has 2 saturated heterocycles. The number of carbonyl (C=O) groups is 1. The smallest absolute Gasteiger partial charge is 0.323 e. The van der Waals surface area contributed by atoms with E-state index in [1.807, 2.05) is 6.92 Å². The first-order valence-electron chi connectivity index (χ1n) is 5.61. The van der Waals surface area contributed by atoms with Gasteiger partial charge in [0.2, 0.25) is 0 Å². The monoisotopic (exact) mass is 197 g/mol. The van der Waals surface area contributed by atoms with Crippen LogP contribution in [0.25, 0.3) is 0 Å². The van der Waals surface area contributed by atoms with Crippen molar-refractivity contribution in [1.29, 1.82) is 0 Å². The quantitative estimate of drug-likeness (QED) is 0.595. The van der Waals surface area contributed by atoms with Gasteiger partial charge in [-0.25, -0.2) is 0 Å². The van der Waals surface area contributed by atoms with E-state index in [0.29, 0.717) is 0 Å². The molecule has 2 unspecified atom stereocenters. The Morgan fingerprint density at radius 2 is 1.93 bits per heavy atom. The summed E-state index contributed by atoms with van der Waals surface area (Å²) in [6.45, 7) is 6.39. The molecule has 0 aromatic carbocycles. The van der Waals surface area contributed by atoms with Gasteiger partial charge in [-0.1, -0.05) is 6.92 Å². The SMILES string of the molecule is CC1CCN(C2CC(C)OC2=O)CC1. The standard InChI is InChI=1S/C11H19NO2/c1-8-3-5-12(6-4-8)10-7-9(2)14-11(10)13/h8-10H,3-7H2,1-2H3. The number of hydrogen-bond acceptors (Lipinski definition) is 3. The van der Waals surface area contributed by atoms with E-state index in [2.05, 4.69) is 11.8 Å². The zero-order chi connectivity index (χ0) is 10.1. The van der Waals surface area contributed by atoms with Gasteiger partial charge in [-0.15, -0.1) is 0 Å². The second-order valence-corrected chi connectivity index (χ2v) is 4.72. The Morgan fingerprint density at radius 1 is 1.29 bits per heavy atom. The first-order valence-corrected chi connectivity index (χ1v) is 5.61. The first kappa shape index (κ1) is 9.97. The third-order valence-electron chi connectivity index (χ3n) is 3.40. The van der Waals surface area contributed by atoms with E-state index in [1.54, 1.807) is 0 Å². The van der Waals surface area contributed by atoms with E-state index in [0.717, 1.165) is 25.4 Å². The number of likely N-dealkylation sites (tertiary alicyclic amines) is 1. The summed E-state index contributed by atoms with van der Waals surface area (Å²) in [6.07, 6.45) is 3.44. The molecule has 0 aromatic rings. The number of rotatable bonds is 1. The van der Waals surface area contributed by atoms with Crippen molar-refractivity contribution in [1.82, 2.24) is 4.90 Å². The van der Waals surface area contributed by atoms with Gasteiger partial charge in [0, 0.05) is 6.42 Å². The Hall–Kier alpha value is -0.570. The molecule has 0 radical (unpaired) electrons. The van der Waals surface area contributed by atoms with E-state index in [-0.39, 0.29) is 18.1 Å². The van der Waals surface area contributed by atoms with Crippen LogP contribution in [0.2, 0.25) is 0 Å². The summed E-state index contributed by atoms with van der Waals surface area (Å²) in [4.78, 5) is 13.8. The van der Waals surface area contributed by atoms with Crippen LogP contribution < -0.4 is 0 Å². The lowest BCUT2D eigenvalue weighted by Crippen LogP contribution is -2.43. The van der Waals surface area contributed by atoms with Crippen LogP contribution >= 0.6 is 0 Å². The maximum absolute atomic E-state index is 11.5. The lowest BCUT2D eigenvalue weighted by molar-refractivity contribution is -0.145. The molecule has 14 heavy (non-hydrogen) atoms. The zero-order valence-electron chi connectivity index (χ0n) is 9.03. The molecule has 0 amide bonds. The maximum atomic E-state index is 11.5. The van der Waals surface area contributed by atoms with Crippen molar-refractivity contribution < 1.29 is 9.53 Å². The van der Waals surface area contributed by atoms with Crippen LogP contribution in [-0.2, 0) is 9.53 Å². The van der Waals surface area contributed by atoms with Crippen molar-refractivity contribution in [3.05, 3.63) is 0 Å². The molecule has 0 saturated carbocycles. The fraction of sp³-hybridized carbons (Fsp3) is 0.909. The molecule has 2 atom stereocenters. The topological polar surface area (TPSA) is 29.5 Å². The Morgan fingerprint density at radius 3 is 2.43 bits per heavy atom. The van der Waals surface area contributed by atoms with Crippen molar-refractivity contribution in [2.24, 2.45) is 5.92 Å². The number of piperidine rings is 1. The van der Waals surface area contributed by atoms with Gasteiger partial charge in [0.05, 0.1) is 0 Å². The van der Waals surface area contributed by atoms with Crippen molar-refractivity contribution >= 4 is 5.97 Å². The van der Waals surface area contributed by atoms with Gasteiger partial charge in [0.25, 0.3) is 0 Å². The van der Waals surface area contributed by atoms with Crippen LogP contribution in [0.1, 0.15) is 33.1 Å². The fourth-order valence-electron chi connectivity index (χ4n) is 2.37. The van der Waals surface area contributed by atoms with E-state index < -0.39 is 0 Å². The fourth-order valence-corrected chi connectivity index (χ4v) is 2.37. The average molecular weight is 197 g/mol. The van der Waals surface area contributed by atoms with Gasteiger partial charge in [0.15, 0.2) is 0 Å². The summed E-state index contributed by atoms with van der Waals surface area (Å²) in [5.41, 5.74) is 0. The summed E-state index contributed by atoms with van der Waals surface area (Å²) >= 11 is 0. The number of esters is 1. The molecule has 2 aliphatic heterocycles. The summed E-state index contributed by atoms with van der Waals surface area (Å²) in [5, 5.41) is 0. The molecule has 3 heteroatoms. The molecule has 80 valence electrons. The summed E-state index contributed by atoms with van der Waals surface area (Å²) < 4.78 is 5.17. The molecule has 2 fully saturated rings. The van der Waals surface area contributed by atoms with Crippen LogP contribution in [0.15, 0.2) is 0 Å². The highest BCUT2D eigenvalue weighted by Gasteiger charge is 2.37. The molecule has 0 aliphatic carbocycles. The van der Waals surface area contributed by atoms with E-state index in [1.165, 1.54) is 12.8 Å². The third kappa shape index (κ3) is 1.92. The predicted octanol–water partition coefficient (Wildman–Crippen LogP) is 1.42. The lowest BCUT2D eigenvalue weighted by atomic mass is 9.97. The molecule has 2 heterocycles. The lowest BCUT2D eigenvalue weighted by Gasteiger charge is -2.32. The van der Waals surface area contributed by atoms with Crippen molar-refractivity contribution in [3.8, 4) is 0 Å². The molecule has 0 bridgehead atoms. The normalized spacial score (nSPS) is 36.0. The Labute approximate surface area is 85.4 Å². The van der Waals surface area contributed by atoms with Crippen molar-refractivity contribution in [2.45, 2.75) is 45.3 Å². The highest BCUT2D eigenvalue weighted by Crippen LogP contribution is 2.24. The number of ether oxygens (including phenoxy) is 1. The van der Waals surface area contributed by atoms with Crippen LogP contribution in [-0.4, -0.2) is 36.1 Å². The van der Waals surface area contributed by atoms with Crippen LogP contribution in [0, 0.1) is 5.92 Å². The van der Waals surface area contributed by atoms with Crippen molar-refractivity contribution in [2.75, 3.05) is 13.1 Å². The largest absolute Gasteiger partial charge is 0.461 e. The first-order chi connectivity index (χ1) is 6.66. The highest BCUT2D eigenvalue weighted by molar-refractivity contribution is 5.77. The Balaban J connectivity index is 1.92. The summed E-state index contributed by atoms with van der Waals surface area (Å²) in [6, 6.07) is 0.0532. The summed E-state index contributed by atoms with van der Waals surface area (Å²) in [5.74, 6) is 0.813. The van der Waals surface area contributed by atoms with E-state index >= 15 is 0 Å². The molecular weight excluding hydrogens is 178 g/mol. The highest BCUT2D eigenvalue weighted by atomic mass is 16.6. The molecule has 2 aliphatic rings. The second-order valence-electron chi connectivity index (χ2n) is 4.72. The van der Waals surface area contributed by atoms with Crippen LogP contribution in [0.3, 0.4) is 0 Å².